The van der Waals surface area contributed by atoms with Gasteiger partial charge >= 0.3 is 0 Å². The Morgan fingerprint density at radius 2 is 1.13 bits per heavy atom. The van der Waals surface area contributed by atoms with Crippen molar-refractivity contribution in [1.82, 2.24) is 16.0 Å². The van der Waals surface area contributed by atoms with Crippen LogP contribution in [-0.2, 0) is 42.8 Å². The van der Waals surface area contributed by atoms with Crippen LogP contribution in [0.3, 0.4) is 0 Å². The number of ether oxygens (including phenoxy) is 6. The molecule has 0 aliphatic carbocycles. The van der Waals surface area contributed by atoms with E-state index in [1.54, 1.807) is 0 Å². The number of carbonyl (C=O) groups excluding carboxylic acids is 3. The summed E-state index contributed by atoms with van der Waals surface area (Å²) in [6, 6.07) is -4.57. The highest BCUT2D eigenvalue weighted by molar-refractivity contribution is 5.74. The van der Waals surface area contributed by atoms with Crippen LogP contribution in [0, 0.1) is 0 Å². The molecular formula is C30H53N3O21. The quantitative estimate of drug-likeness (QED) is 0.0650. The minimum atomic E-state index is -2.15. The van der Waals surface area contributed by atoms with Gasteiger partial charge in [-0.1, -0.05) is 0 Å². The van der Waals surface area contributed by atoms with Gasteiger partial charge in [0.1, 0.15) is 91.4 Å². The summed E-state index contributed by atoms with van der Waals surface area (Å²) in [5.74, 6) is -2.19. The van der Waals surface area contributed by atoms with Crippen LogP contribution in [0.5, 0.6) is 0 Å². The molecule has 15 N–H and O–H groups in total. The standard InChI is InChI=1S/C30H53N3O21/c1-9(38)31-12(4-34)26(53-30-25(48)24(47)21(44)15(6-36)52-30)19(42)13(41)8-49-28-18(33-11(3)40)27(22(45)16(7-37)50-28)54-29-17(32-10(2)39)23(46)20(43)14(5-35)51-29/h12-30,34-37,41-48H,4-8H2,1-3H3,(H,31,38)(H,32,39)(H,33,40)/t12-,13+,14+,15+,16+,17+,18+,19-,20+,21-,22+,23+,24-,25+,26+,27+,28+,29-,30-/m0/s1. The predicted molar refractivity (Wildman–Crippen MR) is 171 cm³/mol. The Morgan fingerprint density at radius 3 is 1.65 bits per heavy atom. The molecule has 0 aromatic carbocycles. The number of nitrogens with one attached hydrogen (secondary N) is 3. The summed E-state index contributed by atoms with van der Waals surface area (Å²) in [6.07, 6.45) is -28.5. The second-order valence-electron chi connectivity index (χ2n) is 13.2. The van der Waals surface area contributed by atoms with E-state index in [2.05, 4.69) is 16.0 Å². The number of rotatable bonds is 17. The first-order chi connectivity index (χ1) is 25.4. The minimum Gasteiger partial charge on any atom is -0.394 e. The summed E-state index contributed by atoms with van der Waals surface area (Å²) in [5.41, 5.74) is 0. The van der Waals surface area contributed by atoms with E-state index in [4.69, 9.17) is 28.4 Å². The molecule has 0 saturated carbocycles. The molecule has 3 amide bonds. The Balaban J connectivity index is 1.89. The molecule has 3 rings (SSSR count). The Labute approximate surface area is 308 Å². The molecule has 24 heteroatoms. The monoisotopic (exact) mass is 791 g/mol. The normalized spacial score (nSPS) is 39.5. The molecule has 3 heterocycles. The Morgan fingerprint density at radius 1 is 0.630 bits per heavy atom. The Kier molecular flexibility index (Phi) is 17.7. The first-order valence-electron chi connectivity index (χ1n) is 17.0. The number of hydrogen-bond donors (Lipinski definition) is 15. The molecule has 0 unspecified atom stereocenters. The molecule has 3 aliphatic rings. The molecule has 314 valence electrons. The number of hydrogen-bond acceptors (Lipinski definition) is 21. The van der Waals surface area contributed by atoms with Crippen LogP contribution in [-0.4, -0.2) is 228 Å². The largest absolute Gasteiger partial charge is 0.394 e. The smallest absolute Gasteiger partial charge is 0.217 e. The van der Waals surface area contributed by atoms with E-state index in [1.165, 1.54) is 0 Å². The van der Waals surface area contributed by atoms with Crippen LogP contribution < -0.4 is 16.0 Å². The maximum absolute atomic E-state index is 12.3. The van der Waals surface area contributed by atoms with Gasteiger partial charge in [0.2, 0.25) is 17.7 Å². The van der Waals surface area contributed by atoms with Crippen LogP contribution in [0.2, 0.25) is 0 Å². The Hall–Kier alpha value is -2.31. The van der Waals surface area contributed by atoms with Gasteiger partial charge in [0.15, 0.2) is 18.9 Å². The number of aliphatic hydroxyl groups is 12. The summed E-state index contributed by atoms with van der Waals surface area (Å²) in [6.45, 7) is -1.21. The average Bonchev–Trinajstić information content (AvgIpc) is 3.12. The van der Waals surface area contributed by atoms with Crippen molar-refractivity contribution >= 4 is 17.7 Å². The number of carbonyl (C=O) groups is 3. The van der Waals surface area contributed by atoms with Crippen molar-refractivity contribution in [3.8, 4) is 0 Å². The van der Waals surface area contributed by atoms with Crippen molar-refractivity contribution in [2.45, 2.75) is 137 Å². The van der Waals surface area contributed by atoms with E-state index in [-0.39, 0.29) is 0 Å². The third-order valence-corrected chi connectivity index (χ3v) is 9.05. The molecule has 3 fully saturated rings. The van der Waals surface area contributed by atoms with Gasteiger partial charge in [0.05, 0.1) is 39.1 Å². The molecule has 54 heavy (non-hydrogen) atoms. The summed E-state index contributed by atoms with van der Waals surface area (Å²) < 4.78 is 33.8. The van der Waals surface area contributed by atoms with E-state index in [1.807, 2.05) is 0 Å². The van der Waals surface area contributed by atoms with Gasteiger partial charge in [-0.05, 0) is 0 Å². The molecule has 0 aromatic heterocycles. The highest BCUT2D eigenvalue weighted by atomic mass is 16.7. The van der Waals surface area contributed by atoms with Crippen LogP contribution in [0.1, 0.15) is 20.8 Å². The van der Waals surface area contributed by atoms with Crippen LogP contribution in [0.4, 0.5) is 0 Å². The fraction of sp³-hybridized carbons (Fsp3) is 0.900. The van der Waals surface area contributed by atoms with Crippen molar-refractivity contribution < 1.29 is 104 Å². The second-order valence-corrected chi connectivity index (χ2v) is 13.2. The molecule has 19 atom stereocenters. The third kappa shape index (κ3) is 11.2. The van der Waals surface area contributed by atoms with Crippen LogP contribution in [0.25, 0.3) is 0 Å². The zero-order valence-corrected chi connectivity index (χ0v) is 29.5. The number of amides is 3. The fourth-order valence-corrected chi connectivity index (χ4v) is 6.25. The van der Waals surface area contributed by atoms with Gasteiger partial charge in [0, 0.05) is 20.8 Å². The van der Waals surface area contributed by atoms with E-state index in [0.29, 0.717) is 0 Å². The lowest BCUT2D eigenvalue weighted by Crippen LogP contribution is -2.70. The zero-order chi connectivity index (χ0) is 40.6. The minimum absolute atomic E-state index is 0.699. The molecular weight excluding hydrogens is 738 g/mol. The van der Waals surface area contributed by atoms with Gasteiger partial charge in [0.25, 0.3) is 0 Å². The third-order valence-electron chi connectivity index (χ3n) is 9.05. The molecule has 0 aromatic rings. The molecule has 24 nitrogen and oxygen atoms in total. The van der Waals surface area contributed by atoms with Crippen LogP contribution in [0.15, 0.2) is 0 Å². The molecule has 3 saturated heterocycles. The van der Waals surface area contributed by atoms with Crippen molar-refractivity contribution in [2.24, 2.45) is 0 Å². The summed E-state index contributed by atoms with van der Waals surface area (Å²) in [5, 5.41) is 132. The van der Waals surface area contributed by atoms with E-state index < -0.39 is 167 Å². The number of aliphatic hydroxyl groups excluding tert-OH is 12. The molecule has 3 aliphatic heterocycles. The van der Waals surface area contributed by atoms with Crippen LogP contribution >= 0.6 is 0 Å². The summed E-state index contributed by atoms with van der Waals surface area (Å²) in [7, 11) is 0. The van der Waals surface area contributed by atoms with E-state index in [0.717, 1.165) is 20.8 Å². The zero-order valence-electron chi connectivity index (χ0n) is 29.5. The maximum Gasteiger partial charge on any atom is 0.217 e. The molecule has 0 radical (unpaired) electrons. The van der Waals surface area contributed by atoms with Crippen molar-refractivity contribution in [3.63, 3.8) is 0 Å². The highest BCUT2D eigenvalue weighted by Crippen LogP contribution is 2.31. The lowest BCUT2D eigenvalue weighted by Gasteiger charge is -2.48. The maximum atomic E-state index is 12.3. The van der Waals surface area contributed by atoms with Crippen molar-refractivity contribution in [2.75, 3.05) is 33.0 Å². The highest BCUT2D eigenvalue weighted by Gasteiger charge is 2.53. The SMILES string of the molecule is CC(=O)N[C@H]1[C@H](O[C@H]2[C@H](O)[C@@H](CO)O[C@@H](OC[C@@H](O)[C@H](O)[C@H](O[C@@H]3O[C@H](CO)[C@H](O)[C@H](O)[C@H]3O)[C@H](CO)NC(C)=O)[C@@H]2NC(C)=O)O[C@H](CO)[C@@H](O)[C@@H]1O. The van der Waals surface area contributed by atoms with Gasteiger partial charge in [-0.2, -0.15) is 0 Å². The first kappa shape index (κ1) is 46.1. The fourth-order valence-electron chi connectivity index (χ4n) is 6.25. The van der Waals surface area contributed by atoms with Crippen molar-refractivity contribution in [1.29, 1.82) is 0 Å². The van der Waals surface area contributed by atoms with Gasteiger partial charge in [-0.15, -0.1) is 0 Å². The first-order valence-corrected chi connectivity index (χ1v) is 17.0. The average molecular weight is 792 g/mol. The summed E-state index contributed by atoms with van der Waals surface area (Å²) >= 11 is 0. The lowest BCUT2D eigenvalue weighted by molar-refractivity contribution is -0.332. The van der Waals surface area contributed by atoms with Gasteiger partial charge < -0.3 is 106 Å². The van der Waals surface area contributed by atoms with Gasteiger partial charge in [-0.3, -0.25) is 14.4 Å². The Bertz CT molecular complexity index is 1210. The predicted octanol–water partition coefficient (Wildman–Crippen LogP) is -9.68. The summed E-state index contributed by atoms with van der Waals surface area (Å²) in [4.78, 5) is 36.2. The lowest BCUT2D eigenvalue weighted by atomic mass is 9.94. The van der Waals surface area contributed by atoms with Crippen molar-refractivity contribution in [3.05, 3.63) is 0 Å². The van der Waals surface area contributed by atoms with Gasteiger partial charge in [-0.25, -0.2) is 0 Å². The molecule has 0 bridgehead atoms. The topological polar surface area (TPSA) is 385 Å². The molecule has 0 spiro atoms. The second kappa shape index (κ2) is 20.7. The van der Waals surface area contributed by atoms with E-state index in [9.17, 15) is 75.7 Å². The van der Waals surface area contributed by atoms with E-state index >= 15 is 0 Å².